The number of unbranched alkanes of at least 4 members (excludes halogenated alkanes) is 1. The maximum atomic E-state index is 9.14. The highest BCUT2D eigenvalue weighted by Gasteiger charge is 1.99. The topological polar surface area (TPSA) is 29.5 Å². The molecule has 0 saturated heterocycles. The minimum atomic E-state index is -0.197. The van der Waals surface area contributed by atoms with E-state index in [2.05, 4.69) is 25.1 Å². The van der Waals surface area contributed by atoms with Gasteiger partial charge in [-0.25, -0.2) is 0 Å². The predicted octanol–water partition coefficient (Wildman–Crippen LogP) is 3.57. The monoisotopic (exact) mass is 234 g/mol. The maximum Gasteiger partial charge on any atom is 0.126 e. The lowest BCUT2D eigenvalue weighted by molar-refractivity contribution is 0.182. The van der Waals surface area contributed by atoms with Crippen LogP contribution >= 0.6 is 0 Å². The molecule has 2 nitrogen and oxygen atoms in total. The number of allylic oxidation sites excluding steroid dienone is 1. The molecule has 2 heteroatoms. The van der Waals surface area contributed by atoms with Crippen LogP contribution in [0.25, 0.3) is 6.08 Å². The number of hydrogen-bond donors (Lipinski definition) is 1. The SMILES string of the molecule is COc1ccc(C)cc1/C=C/CCC[C@H](C)O. The van der Waals surface area contributed by atoms with Crippen molar-refractivity contribution < 1.29 is 9.84 Å². The summed E-state index contributed by atoms with van der Waals surface area (Å²) in [6.07, 6.45) is 6.89. The normalized spacial score (nSPS) is 12.9. The second-order valence-corrected chi connectivity index (χ2v) is 4.43. The molecule has 0 aliphatic carbocycles. The average Bonchev–Trinajstić information content (AvgIpc) is 2.28. The van der Waals surface area contributed by atoms with Crippen LogP contribution in [0.2, 0.25) is 0 Å². The third-order valence-electron chi connectivity index (χ3n) is 2.68. The first-order chi connectivity index (χ1) is 8.13. The largest absolute Gasteiger partial charge is 0.496 e. The first-order valence-electron chi connectivity index (χ1n) is 6.12. The van der Waals surface area contributed by atoms with Gasteiger partial charge in [0.15, 0.2) is 0 Å². The van der Waals surface area contributed by atoms with Gasteiger partial charge in [-0.05, 0) is 45.2 Å². The number of aliphatic hydroxyl groups excluding tert-OH is 1. The number of aryl methyl sites for hydroxylation is 1. The standard InChI is InChI=1S/C15H22O2/c1-12-9-10-15(17-3)14(11-12)8-6-4-5-7-13(2)16/h6,8-11,13,16H,4-5,7H2,1-3H3/b8-6+/t13-/m0/s1. The van der Waals surface area contributed by atoms with Gasteiger partial charge in [-0.2, -0.15) is 0 Å². The Bertz CT molecular complexity index is 367. The molecule has 0 aliphatic heterocycles. The van der Waals surface area contributed by atoms with E-state index in [4.69, 9.17) is 9.84 Å². The molecule has 0 unspecified atom stereocenters. The Hall–Kier alpha value is -1.28. The van der Waals surface area contributed by atoms with Gasteiger partial charge < -0.3 is 9.84 Å². The lowest BCUT2D eigenvalue weighted by Gasteiger charge is -2.05. The van der Waals surface area contributed by atoms with Crippen molar-refractivity contribution in [2.75, 3.05) is 7.11 Å². The molecular weight excluding hydrogens is 212 g/mol. The quantitative estimate of drug-likeness (QED) is 0.762. The summed E-state index contributed by atoms with van der Waals surface area (Å²) in [5.41, 5.74) is 2.35. The molecule has 1 atom stereocenters. The summed E-state index contributed by atoms with van der Waals surface area (Å²) in [6, 6.07) is 6.15. The summed E-state index contributed by atoms with van der Waals surface area (Å²) in [6.45, 7) is 3.90. The Morgan fingerprint density at radius 2 is 2.18 bits per heavy atom. The van der Waals surface area contributed by atoms with E-state index in [0.717, 1.165) is 30.6 Å². The molecule has 1 N–H and O–H groups in total. The molecular formula is C15H22O2. The summed E-state index contributed by atoms with van der Waals surface area (Å²) >= 11 is 0. The minimum Gasteiger partial charge on any atom is -0.496 e. The van der Waals surface area contributed by atoms with E-state index in [1.807, 2.05) is 19.1 Å². The molecule has 1 aromatic carbocycles. The van der Waals surface area contributed by atoms with Crippen molar-refractivity contribution in [1.82, 2.24) is 0 Å². The molecule has 0 aromatic heterocycles. The van der Waals surface area contributed by atoms with Crippen LogP contribution in [0.15, 0.2) is 24.3 Å². The third-order valence-corrected chi connectivity index (χ3v) is 2.68. The van der Waals surface area contributed by atoms with Gasteiger partial charge in [0, 0.05) is 5.56 Å². The molecule has 1 aromatic rings. The lowest BCUT2D eigenvalue weighted by Crippen LogP contribution is -1.97. The Morgan fingerprint density at radius 1 is 1.41 bits per heavy atom. The van der Waals surface area contributed by atoms with Gasteiger partial charge in [0.05, 0.1) is 13.2 Å². The summed E-state index contributed by atoms with van der Waals surface area (Å²) in [5.74, 6) is 0.905. The highest BCUT2D eigenvalue weighted by atomic mass is 16.5. The number of ether oxygens (including phenoxy) is 1. The molecule has 0 spiro atoms. The van der Waals surface area contributed by atoms with E-state index in [9.17, 15) is 0 Å². The second kappa shape index (κ2) is 7.13. The molecule has 0 bridgehead atoms. The van der Waals surface area contributed by atoms with E-state index in [0.29, 0.717) is 0 Å². The molecule has 0 aliphatic rings. The van der Waals surface area contributed by atoms with Gasteiger partial charge in [-0.3, -0.25) is 0 Å². The van der Waals surface area contributed by atoms with Crippen molar-refractivity contribution in [2.45, 2.75) is 39.2 Å². The molecule has 0 saturated carbocycles. The number of rotatable bonds is 6. The van der Waals surface area contributed by atoms with Crippen molar-refractivity contribution in [2.24, 2.45) is 0 Å². The van der Waals surface area contributed by atoms with Crippen LogP contribution in [0.3, 0.4) is 0 Å². The number of methoxy groups -OCH3 is 1. The van der Waals surface area contributed by atoms with Crippen LogP contribution in [0.1, 0.15) is 37.3 Å². The van der Waals surface area contributed by atoms with Crippen LogP contribution in [0, 0.1) is 6.92 Å². The number of hydrogen-bond acceptors (Lipinski definition) is 2. The first kappa shape index (κ1) is 13.8. The fourth-order valence-electron chi connectivity index (χ4n) is 1.73. The van der Waals surface area contributed by atoms with E-state index in [-0.39, 0.29) is 6.10 Å². The fraction of sp³-hybridized carbons (Fsp3) is 0.467. The second-order valence-electron chi connectivity index (χ2n) is 4.43. The molecule has 17 heavy (non-hydrogen) atoms. The molecule has 0 radical (unpaired) electrons. The zero-order chi connectivity index (χ0) is 12.7. The van der Waals surface area contributed by atoms with Crippen LogP contribution in [0.4, 0.5) is 0 Å². The molecule has 1 rings (SSSR count). The minimum absolute atomic E-state index is 0.197. The Labute approximate surface area is 104 Å². The number of benzene rings is 1. The van der Waals surface area contributed by atoms with Gasteiger partial charge in [0.2, 0.25) is 0 Å². The molecule has 0 heterocycles. The smallest absolute Gasteiger partial charge is 0.126 e. The maximum absolute atomic E-state index is 9.14. The molecule has 0 fully saturated rings. The highest BCUT2D eigenvalue weighted by molar-refractivity contribution is 5.58. The zero-order valence-electron chi connectivity index (χ0n) is 10.9. The third kappa shape index (κ3) is 5.05. The molecule has 0 amide bonds. The van der Waals surface area contributed by atoms with E-state index in [1.165, 1.54) is 5.56 Å². The average molecular weight is 234 g/mol. The summed E-state index contributed by atoms with van der Waals surface area (Å²) < 4.78 is 5.30. The van der Waals surface area contributed by atoms with E-state index < -0.39 is 0 Å². The zero-order valence-corrected chi connectivity index (χ0v) is 10.9. The Balaban J connectivity index is 2.55. The van der Waals surface area contributed by atoms with Gasteiger partial charge in [-0.15, -0.1) is 0 Å². The molecule has 94 valence electrons. The van der Waals surface area contributed by atoms with Crippen molar-refractivity contribution >= 4 is 6.08 Å². The highest BCUT2D eigenvalue weighted by Crippen LogP contribution is 2.21. The lowest BCUT2D eigenvalue weighted by atomic mass is 10.1. The van der Waals surface area contributed by atoms with E-state index in [1.54, 1.807) is 7.11 Å². The van der Waals surface area contributed by atoms with Crippen molar-refractivity contribution in [3.8, 4) is 5.75 Å². The van der Waals surface area contributed by atoms with Crippen LogP contribution in [-0.2, 0) is 0 Å². The van der Waals surface area contributed by atoms with Crippen molar-refractivity contribution in [3.63, 3.8) is 0 Å². The van der Waals surface area contributed by atoms with Gasteiger partial charge in [-0.1, -0.05) is 23.8 Å². The van der Waals surface area contributed by atoms with Crippen molar-refractivity contribution in [3.05, 3.63) is 35.4 Å². The van der Waals surface area contributed by atoms with Gasteiger partial charge in [0.1, 0.15) is 5.75 Å². The van der Waals surface area contributed by atoms with Crippen LogP contribution in [-0.4, -0.2) is 18.3 Å². The predicted molar refractivity (Wildman–Crippen MR) is 72.3 cm³/mol. The summed E-state index contributed by atoms with van der Waals surface area (Å²) in [5, 5.41) is 9.14. The summed E-state index contributed by atoms with van der Waals surface area (Å²) in [4.78, 5) is 0. The van der Waals surface area contributed by atoms with Crippen LogP contribution < -0.4 is 4.74 Å². The Kier molecular flexibility index (Phi) is 5.78. The van der Waals surface area contributed by atoms with Gasteiger partial charge >= 0.3 is 0 Å². The summed E-state index contributed by atoms with van der Waals surface area (Å²) in [7, 11) is 1.69. The van der Waals surface area contributed by atoms with Crippen molar-refractivity contribution in [1.29, 1.82) is 0 Å². The first-order valence-corrected chi connectivity index (χ1v) is 6.12. The van der Waals surface area contributed by atoms with Gasteiger partial charge in [0.25, 0.3) is 0 Å². The van der Waals surface area contributed by atoms with E-state index >= 15 is 0 Å². The Morgan fingerprint density at radius 3 is 2.82 bits per heavy atom. The number of aliphatic hydroxyl groups is 1. The fourth-order valence-corrected chi connectivity index (χ4v) is 1.73. The van der Waals surface area contributed by atoms with Crippen LogP contribution in [0.5, 0.6) is 5.75 Å².